The van der Waals surface area contributed by atoms with E-state index >= 15 is 0 Å². The van der Waals surface area contributed by atoms with E-state index in [9.17, 15) is 8.42 Å². The molecule has 1 unspecified atom stereocenters. The summed E-state index contributed by atoms with van der Waals surface area (Å²) < 4.78 is 28.1. The van der Waals surface area contributed by atoms with E-state index in [4.69, 9.17) is 0 Å². The van der Waals surface area contributed by atoms with Crippen LogP contribution in [-0.2, 0) is 10.2 Å². The molecule has 0 bridgehead atoms. The molecule has 5 nitrogen and oxygen atoms in total. The van der Waals surface area contributed by atoms with Crippen LogP contribution in [0.4, 0.5) is 0 Å². The fraction of sp³-hybridized carbons (Fsp3) is 1.00. The van der Waals surface area contributed by atoms with E-state index in [-0.39, 0.29) is 6.04 Å². The Morgan fingerprint density at radius 3 is 2.56 bits per heavy atom. The molecule has 6 heteroatoms. The topological polar surface area (TPSA) is 52.7 Å². The lowest BCUT2D eigenvalue weighted by atomic mass is 10.2. The average molecular weight is 247 g/mol. The summed E-state index contributed by atoms with van der Waals surface area (Å²) in [4.78, 5) is 0. The van der Waals surface area contributed by atoms with Crippen LogP contribution in [0.3, 0.4) is 0 Å². The van der Waals surface area contributed by atoms with Gasteiger partial charge in [0.1, 0.15) is 0 Å². The molecular weight excluding hydrogens is 226 g/mol. The van der Waals surface area contributed by atoms with Gasteiger partial charge in [-0.2, -0.15) is 17.0 Å². The Hall–Kier alpha value is -0.170. The minimum atomic E-state index is -3.20. The molecule has 0 aromatic carbocycles. The van der Waals surface area contributed by atoms with E-state index in [0.717, 1.165) is 32.4 Å². The van der Waals surface area contributed by atoms with Crippen LogP contribution in [-0.4, -0.2) is 55.8 Å². The minimum absolute atomic E-state index is 0.222. The highest BCUT2D eigenvalue weighted by atomic mass is 32.2. The van der Waals surface area contributed by atoms with Gasteiger partial charge in [-0.25, -0.2) is 0 Å². The second kappa shape index (κ2) is 5.00. The third-order valence-electron chi connectivity index (χ3n) is 3.49. The molecule has 2 heterocycles. The Balaban J connectivity index is 2.11. The Morgan fingerprint density at radius 2 is 1.94 bits per heavy atom. The van der Waals surface area contributed by atoms with Gasteiger partial charge < -0.3 is 5.32 Å². The summed E-state index contributed by atoms with van der Waals surface area (Å²) in [5.41, 5.74) is 0. The van der Waals surface area contributed by atoms with Crippen LogP contribution < -0.4 is 5.32 Å². The van der Waals surface area contributed by atoms with Crippen molar-refractivity contribution in [2.24, 2.45) is 0 Å². The molecule has 2 rings (SSSR count). The summed E-state index contributed by atoms with van der Waals surface area (Å²) in [5.74, 6) is 0. The standard InChI is InChI=1S/C10H21N3O2S/c1-2-10-4-3-7-13(10)16(14,15)12-8-5-11-6-9-12/h10-11H,2-9H2,1H3. The number of hydrogen-bond acceptors (Lipinski definition) is 3. The Morgan fingerprint density at radius 1 is 1.25 bits per heavy atom. The first-order chi connectivity index (χ1) is 7.66. The molecule has 0 radical (unpaired) electrons. The van der Waals surface area contributed by atoms with E-state index in [1.54, 1.807) is 8.61 Å². The SMILES string of the molecule is CCC1CCCN1S(=O)(=O)N1CCNCC1. The zero-order valence-electron chi connectivity index (χ0n) is 9.85. The molecule has 94 valence electrons. The van der Waals surface area contributed by atoms with E-state index in [1.165, 1.54) is 0 Å². The highest BCUT2D eigenvalue weighted by molar-refractivity contribution is 7.86. The van der Waals surface area contributed by atoms with Crippen LogP contribution in [0.2, 0.25) is 0 Å². The van der Waals surface area contributed by atoms with Crippen LogP contribution in [0.15, 0.2) is 0 Å². The molecular formula is C10H21N3O2S. The van der Waals surface area contributed by atoms with Gasteiger partial charge in [-0.05, 0) is 19.3 Å². The molecule has 2 aliphatic rings. The minimum Gasteiger partial charge on any atom is -0.314 e. The Bertz CT molecular complexity index is 325. The quantitative estimate of drug-likeness (QED) is 0.764. The van der Waals surface area contributed by atoms with Crippen molar-refractivity contribution in [2.45, 2.75) is 32.2 Å². The Labute approximate surface area is 98.0 Å². The summed E-state index contributed by atoms with van der Waals surface area (Å²) in [6.07, 6.45) is 2.94. The predicted molar refractivity (Wildman–Crippen MR) is 63.4 cm³/mol. The number of nitrogens with one attached hydrogen (secondary N) is 1. The zero-order chi connectivity index (χ0) is 11.6. The molecule has 0 saturated carbocycles. The molecule has 0 aliphatic carbocycles. The third-order valence-corrected chi connectivity index (χ3v) is 5.58. The van der Waals surface area contributed by atoms with E-state index in [2.05, 4.69) is 12.2 Å². The van der Waals surface area contributed by atoms with Gasteiger partial charge in [-0.15, -0.1) is 0 Å². The molecule has 2 fully saturated rings. The summed E-state index contributed by atoms with van der Waals surface area (Å²) in [5, 5.41) is 3.18. The molecule has 2 saturated heterocycles. The van der Waals surface area contributed by atoms with Gasteiger partial charge in [0.05, 0.1) is 0 Å². The first-order valence-electron chi connectivity index (χ1n) is 6.14. The molecule has 0 amide bonds. The van der Waals surface area contributed by atoms with E-state index in [1.807, 2.05) is 0 Å². The largest absolute Gasteiger partial charge is 0.314 e. The third kappa shape index (κ3) is 2.25. The first kappa shape index (κ1) is 12.3. The first-order valence-corrected chi connectivity index (χ1v) is 7.53. The number of rotatable bonds is 3. The summed E-state index contributed by atoms with van der Waals surface area (Å²) >= 11 is 0. The van der Waals surface area contributed by atoms with Crippen LogP contribution in [0.25, 0.3) is 0 Å². The molecule has 0 aromatic rings. The van der Waals surface area contributed by atoms with Gasteiger partial charge in [0.2, 0.25) is 0 Å². The van der Waals surface area contributed by atoms with Crippen molar-refractivity contribution >= 4 is 10.2 Å². The normalized spacial score (nSPS) is 29.7. The number of piperazine rings is 1. The van der Waals surface area contributed by atoms with Gasteiger partial charge >= 0.3 is 0 Å². The molecule has 0 spiro atoms. The average Bonchev–Trinajstić information content (AvgIpc) is 2.79. The number of nitrogens with zero attached hydrogens (tertiary/aromatic N) is 2. The van der Waals surface area contributed by atoms with Crippen molar-refractivity contribution in [1.29, 1.82) is 0 Å². The highest BCUT2D eigenvalue weighted by Crippen LogP contribution is 2.25. The van der Waals surface area contributed by atoms with Crippen LogP contribution >= 0.6 is 0 Å². The van der Waals surface area contributed by atoms with Crippen molar-refractivity contribution in [2.75, 3.05) is 32.7 Å². The van der Waals surface area contributed by atoms with Crippen LogP contribution in [0.5, 0.6) is 0 Å². The maximum Gasteiger partial charge on any atom is 0.282 e. The summed E-state index contributed by atoms with van der Waals surface area (Å²) in [6.45, 7) is 5.51. The van der Waals surface area contributed by atoms with Crippen molar-refractivity contribution in [3.8, 4) is 0 Å². The predicted octanol–water partition coefficient (Wildman–Crippen LogP) is 0.0108. The highest BCUT2D eigenvalue weighted by Gasteiger charge is 2.37. The van der Waals surface area contributed by atoms with Gasteiger partial charge in [-0.3, -0.25) is 0 Å². The second-order valence-electron chi connectivity index (χ2n) is 4.47. The van der Waals surface area contributed by atoms with Crippen LogP contribution in [0, 0.1) is 0 Å². The number of hydrogen-bond donors (Lipinski definition) is 1. The fourth-order valence-electron chi connectivity index (χ4n) is 2.54. The van der Waals surface area contributed by atoms with Crippen LogP contribution in [0.1, 0.15) is 26.2 Å². The van der Waals surface area contributed by atoms with E-state index < -0.39 is 10.2 Å². The lowest BCUT2D eigenvalue weighted by Gasteiger charge is -2.33. The zero-order valence-corrected chi connectivity index (χ0v) is 10.7. The molecule has 1 N–H and O–H groups in total. The molecule has 0 aromatic heterocycles. The van der Waals surface area contributed by atoms with Crippen molar-refractivity contribution < 1.29 is 8.42 Å². The lowest BCUT2D eigenvalue weighted by molar-refractivity contribution is 0.300. The van der Waals surface area contributed by atoms with Crippen molar-refractivity contribution in [1.82, 2.24) is 13.9 Å². The summed E-state index contributed by atoms with van der Waals surface area (Å²) in [7, 11) is -3.20. The maximum atomic E-state index is 12.4. The van der Waals surface area contributed by atoms with Gasteiger partial charge in [0.25, 0.3) is 10.2 Å². The molecule has 2 aliphatic heterocycles. The molecule has 16 heavy (non-hydrogen) atoms. The van der Waals surface area contributed by atoms with Crippen molar-refractivity contribution in [3.63, 3.8) is 0 Å². The van der Waals surface area contributed by atoms with Crippen molar-refractivity contribution in [3.05, 3.63) is 0 Å². The monoisotopic (exact) mass is 247 g/mol. The van der Waals surface area contributed by atoms with Gasteiger partial charge in [0, 0.05) is 38.8 Å². The fourth-order valence-corrected chi connectivity index (χ4v) is 4.48. The van der Waals surface area contributed by atoms with E-state index in [0.29, 0.717) is 19.6 Å². The van der Waals surface area contributed by atoms with Gasteiger partial charge in [-0.1, -0.05) is 6.92 Å². The smallest absolute Gasteiger partial charge is 0.282 e. The second-order valence-corrected chi connectivity index (χ2v) is 6.35. The van der Waals surface area contributed by atoms with Gasteiger partial charge in [0.15, 0.2) is 0 Å². The Kier molecular flexibility index (Phi) is 3.84. The molecule has 1 atom stereocenters. The maximum absolute atomic E-state index is 12.4. The lowest BCUT2D eigenvalue weighted by Crippen LogP contribution is -2.52. The summed E-state index contributed by atoms with van der Waals surface area (Å²) in [6, 6.07) is 0.222.